The maximum Gasteiger partial charge on any atom is 0.153 e. The molecule has 0 saturated heterocycles. The molecule has 1 aliphatic carbocycles. The minimum Gasteiger partial charge on any atom is -0.496 e. The zero-order valence-electron chi connectivity index (χ0n) is 13.4. The summed E-state index contributed by atoms with van der Waals surface area (Å²) in [5, 5.41) is 8.55. The molecule has 0 fully saturated rings. The van der Waals surface area contributed by atoms with Crippen molar-refractivity contribution in [2.75, 3.05) is 12.8 Å². The normalized spacial score (nSPS) is 12.8. The Labute approximate surface area is 140 Å². The minimum atomic E-state index is 0.284. The Bertz CT molecular complexity index is 879. The molecule has 0 bridgehead atoms. The van der Waals surface area contributed by atoms with Gasteiger partial charge in [0.15, 0.2) is 6.29 Å². The number of aldehydes is 1. The average molecular weight is 318 g/mol. The van der Waals surface area contributed by atoms with Crippen molar-refractivity contribution in [1.82, 2.24) is 0 Å². The van der Waals surface area contributed by atoms with Crippen molar-refractivity contribution >= 4 is 23.8 Å². The van der Waals surface area contributed by atoms with Crippen molar-refractivity contribution in [1.29, 1.82) is 5.41 Å². The van der Waals surface area contributed by atoms with E-state index in [4.69, 9.17) is 15.9 Å². The van der Waals surface area contributed by atoms with Crippen LogP contribution in [0.25, 0.3) is 6.08 Å². The number of allylic oxidation sites excluding steroid dienone is 3. The Balaban J connectivity index is 2.06. The van der Waals surface area contributed by atoms with Crippen molar-refractivity contribution in [3.05, 3.63) is 76.4 Å². The van der Waals surface area contributed by atoms with Crippen LogP contribution in [0.3, 0.4) is 0 Å². The van der Waals surface area contributed by atoms with Crippen molar-refractivity contribution in [2.24, 2.45) is 0 Å². The van der Waals surface area contributed by atoms with E-state index in [-0.39, 0.29) is 5.71 Å². The molecule has 0 saturated carbocycles. The summed E-state index contributed by atoms with van der Waals surface area (Å²) in [5.41, 5.74) is 10.7. The second kappa shape index (κ2) is 6.54. The number of rotatable bonds is 4. The van der Waals surface area contributed by atoms with Crippen LogP contribution in [0.1, 0.15) is 27.0 Å². The van der Waals surface area contributed by atoms with E-state index in [9.17, 15) is 4.79 Å². The SMILES string of the molecule is COc1cc(N)c(C(=N)C2=Cc3ccccc3CC=C2)cc1C=O. The summed E-state index contributed by atoms with van der Waals surface area (Å²) in [5.74, 6) is 0.412. The average Bonchev–Trinajstić information content (AvgIpc) is 2.83. The molecule has 1 aliphatic rings. The van der Waals surface area contributed by atoms with Gasteiger partial charge in [-0.2, -0.15) is 0 Å². The largest absolute Gasteiger partial charge is 0.496 e. The first-order valence-corrected chi connectivity index (χ1v) is 7.62. The molecular formula is C20H18N2O2. The van der Waals surface area contributed by atoms with E-state index >= 15 is 0 Å². The molecule has 4 heteroatoms. The fraction of sp³-hybridized carbons (Fsp3) is 0.100. The number of nitrogens with two attached hydrogens (primary N) is 1. The summed E-state index contributed by atoms with van der Waals surface area (Å²) in [4.78, 5) is 11.2. The fourth-order valence-corrected chi connectivity index (χ4v) is 2.80. The predicted molar refractivity (Wildman–Crippen MR) is 96.9 cm³/mol. The quantitative estimate of drug-likeness (QED) is 0.513. The molecular weight excluding hydrogens is 300 g/mol. The highest BCUT2D eigenvalue weighted by Gasteiger charge is 2.15. The fourth-order valence-electron chi connectivity index (χ4n) is 2.80. The number of nitrogens with one attached hydrogen (secondary N) is 1. The predicted octanol–water partition coefficient (Wildman–Crippen LogP) is 3.65. The Morgan fingerprint density at radius 2 is 2.08 bits per heavy atom. The van der Waals surface area contributed by atoms with Crippen LogP contribution in [-0.2, 0) is 6.42 Å². The van der Waals surface area contributed by atoms with Gasteiger partial charge in [0, 0.05) is 22.9 Å². The molecule has 24 heavy (non-hydrogen) atoms. The van der Waals surface area contributed by atoms with Gasteiger partial charge in [0.25, 0.3) is 0 Å². The molecule has 2 aromatic rings. The minimum absolute atomic E-state index is 0.284. The standard InChI is InChI=1S/C20H18N2O2/c1-24-19-11-18(21)17(10-16(19)12-23)20(22)15-8-4-7-13-5-2-3-6-14(13)9-15/h2-6,8-12,22H,7,21H2,1H3. The number of methoxy groups -OCH3 is 1. The number of anilines is 1. The highest BCUT2D eigenvalue weighted by molar-refractivity contribution is 6.18. The summed E-state index contributed by atoms with van der Waals surface area (Å²) in [6.07, 6.45) is 7.47. The highest BCUT2D eigenvalue weighted by Crippen LogP contribution is 2.28. The Morgan fingerprint density at radius 1 is 1.29 bits per heavy atom. The summed E-state index contributed by atoms with van der Waals surface area (Å²) < 4.78 is 5.15. The van der Waals surface area contributed by atoms with E-state index in [1.807, 2.05) is 36.4 Å². The van der Waals surface area contributed by atoms with Gasteiger partial charge in [-0.1, -0.05) is 36.4 Å². The van der Waals surface area contributed by atoms with Crippen molar-refractivity contribution in [3.63, 3.8) is 0 Å². The smallest absolute Gasteiger partial charge is 0.153 e. The lowest BCUT2D eigenvalue weighted by Crippen LogP contribution is -2.07. The highest BCUT2D eigenvalue weighted by atomic mass is 16.5. The van der Waals surface area contributed by atoms with Gasteiger partial charge >= 0.3 is 0 Å². The van der Waals surface area contributed by atoms with Gasteiger partial charge in [0.1, 0.15) is 5.75 Å². The van der Waals surface area contributed by atoms with Crippen LogP contribution in [0.5, 0.6) is 5.75 Å². The molecule has 3 rings (SSSR count). The Kier molecular flexibility index (Phi) is 4.29. The molecule has 0 unspecified atom stereocenters. The van der Waals surface area contributed by atoms with E-state index in [1.165, 1.54) is 12.7 Å². The number of carbonyl (C=O) groups is 1. The van der Waals surface area contributed by atoms with Crippen LogP contribution < -0.4 is 10.5 Å². The molecule has 0 radical (unpaired) electrons. The summed E-state index contributed by atoms with van der Waals surface area (Å²) >= 11 is 0. The monoisotopic (exact) mass is 318 g/mol. The lowest BCUT2D eigenvalue weighted by Gasteiger charge is -2.12. The first-order valence-electron chi connectivity index (χ1n) is 7.62. The number of fused-ring (bicyclic) bond motifs is 1. The number of hydrogen-bond donors (Lipinski definition) is 2. The van der Waals surface area contributed by atoms with Crippen LogP contribution in [0.2, 0.25) is 0 Å². The molecule has 0 atom stereocenters. The van der Waals surface area contributed by atoms with Crippen molar-refractivity contribution in [3.8, 4) is 5.75 Å². The van der Waals surface area contributed by atoms with Crippen LogP contribution in [0.4, 0.5) is 5.69 Å². The molecule has 0 aromatic heterocycles. The van der Waals surface area contributed by atoms with Gasteiger partial charge < -0.3 is 10.5 Å². The van der Waals surface area contributed by atoms with Gasteiger partial charge in [-0.05, 0) is 29.7 Å². The molecule has 120 valence electrons. The first-order chi connectivity index (χ1) is 11.6. The molecule has 0 aliphatic heterocycles. The van der Waals surface area contributed by atoms with E-state index in [2.05, 4.69) is 6.07 Å². The van der Waals surface area contributed by atoms with E-state index < -0.39 is 0 Å². The van der Waals surface area contributed by atoms with E-state index in [0.29, 0.717) is 28.8 Å². The van der Waals surface area contributed by atoms with Gasteiger partial charge in [0.05, 0.1) is 18.4 Å². The number of ether oxygens (including phenoxy) is 1. The summed E-state index contributed by atoms with van der Waals surface area (Å²) in [6, 6.07) is 11.3. The summed E-state index contributed by atoms with van der Waals surface area (Å²) in [6.45, 7) is 0. The van der Waals surface area contributed by atoms with Gasteiger partial charge in [-0.15, -0.1) is 0 Å². The second-order valence-electron chi connectivity index (χ2n) is 5.58. The maximum atomic E-state index is 11.2. The maximum absolute atomic E-state index is 11.2. The van der Waals surface area contributed by atoms with E-state index in [1.54, 1.807) is 12.1 Å². The topological polar surface area (TPSA) is 76.2 Å². The van der Waals surface area contributed by atoms with Gasteiger partial charge in [-0.25, -0.2) is 0 Å². The Morgan fingerprint density at radius 3 is 2.83 bits per heavy atom. The Hall–Kier alpha value is -3.14. The first kappa shape index (κ1) is 15.7. The third-order valence-electron chi connectivity index (χ3n) is 4.09. The van der Waals surface area contributed by atoms with Crippen molar-refractivity contribution in [2.45, 2.75) is 6.42 Å². The molecule has 4 nitrogen and oxygen atoms in total. The second-order valence-corrected chi connectivity index (χ2v) is 5.58. The third-order valence-corrected chi connectivity index (χ3v) is 4.09. The van der Waals surface area contributed by atoms with E-state index in [0.717, 1.165) is 17.6 Å². The zero-order valence-corrected chi connectivity index (χ0v) is 13.4. The molecule has 0 amide bonds. The summed E-state index contributed by atoms with van der Waals surface area (Å²) in [7, 11) is 1.49. The van der Waals surface area contributed by atoms with Crippen LogP contribution in [0, 0.1) is 5.41 Å². The van der Waals surface area contributed by atoms with Crippen LogP contribution in [-0.4, -0.2) is 19.1 Å². The third kappa shape index (κ3) is 2.86. The molecule has 3 N–H and O–H groups in total. The molecule has 2 aromatic carbocycles. The van der Waals surface area contributed by atoms with Crippen LogP contribution >= 0.6 is 0 Å². The van der Waals surface area contributed by atoms with Crippen molar-refractivity contribution < 1.29 is 9.53 Å². The number of benzene rings is 2. The number of carbonyl (C=O) groups excluding carboxylic acids is 1. The zero-order chi connectivity index (χ0) is 17.1. The lowest BCUT2D eigenvalue weighted by atomic mass is 9.97. The van der Waals surface area contributed by atoms with Gasteiger partial charge in [0.2, 0.25) is 0 Å². The van der Waals surface area contributed by atoms with Gasteiger partial charge in [-0.3, -0.25) is 10.2 Å². The lowest BCUT2D eigenvalue weighted by molar-refractivity contribution is 0.112. The number of hydrogen-bond acceptors (Lipinski definition) is 4. The number of nitrogen functional groups attached to an aromatic ring is 1. The molecule has 0 spiro atoms. The molecule has 0 heterocycles. The van der Waals surface area contributed by atoms with Crippen LogP contribution in [0.15, 0.2) is 54.1 Å².